The van der Waals surface area contributed by atoms with Gasteiger partial charge in [-0.25, -0.2) is 0 Å². The van der Waals surface area contributed by atoms with Crippen molar-refractivity contribution in [1.29, 1.82) is 0 Å². The number of hydrogen-bond donors (Lipinski definition) is 2. The highest BCUT2D eigenvalue weighted by molar-refractivity contribution is 7.14. The van der Waals surface area contributed by atoms with Crippen molar-refractivity contribution in [3.63, 3.8) is 0 Å². The van der Waals surface area contributed by atoms with E-state index in [-0.39, 0.29) is 0 Å². The minimum absolute atomic E-state index is 0.461. The topological polar surface area (TPSA) is 56.8 Å². The fraction of sp³-hybridized carbons (Fsp3) is 0.500. The van der Waals surface area contributed by atoms with Gasteiger partial charge in [-0.3, -0.25) is 5.10 Å². The number of aromatic amines is 1. The molecule has 0 radical (unpaired) electrons. The van der Waals surface area contributed by atoms with Gasteiger partial charge in [0.2, 0.25) is 5.95 Å². The number of rotatable bonds is 2. The molecule has 2 aromatic rings. The van der Waals surface area contributed by atoms with Crippen LogP contribution in [-0.2, 0) is 0 Å². The van der Waals surface area contributed by atoms with E-state index in [1.165, 1.54) is 0 Å². The van der Waals surface area contributed by atoms with E-state index in [0.29, 0.717) is 6.04 Å². The van der Waals surface area contributed by atoms with Crippen molar-refractivity contribution < 1.29 is 0 Å². The molecule has 3 heterocycles. The van der Waals surface area contributed by atoms with Crippen LogP contribution in [0.3, 0.4) is 0 Å². The van der Waals surface area contributed by atoms with Crippen molar-refractivity contribution in [1.82, 2.24) is 20.5 Å². The molecule has 3 rings (SSSR count). The Morgan fingerprint density at radius 2 is 2.37 bits per heavy atom. The highest BCUT2D eigenvalue weighted by Crippen LogP contribution is 2.34. The van der Waals surface area contributed by atoms with E-state index in [0.717, 1.165) is 46.9 Å². The lowest BCUT2D eigenvalue weighted by molar-refractivity contribution is 0.480. The van der Waals surface area contributed by atoms with E-state index in [1.54, 1.807) is 11.3 Å². The molecule has 1 aliphatic heterocycles. The van der Waals surface area contributed by atoms with Crippen LogP contribution in [0.2, 0.25) is 5.02 Å². The first-order chi connectivity index (χ1) is 9.15. The Hall–Kier alpha value is -1.11. The van der Waals surface area contributed by atoms with E-state index in [4.69, 9.17) is 11.6 Å². The van der Waals surface area contributed by atoms with Crippen LogP contribution in [0.25, 0.3) is 10.7 Å². The monoisotopic (exact) mass is 297 g/mol. The average Bonchev–Trinajstić information content (AvgIpc) is 2.98. The molecule has 2 aromatic heterocycles. The first-order valence-corrected chi connectivity index (χ1v) is 7.55. The van der Waals surface area contributed by atoms with E-state index < -0.39 is 0 Å². The zero-order valence-electron chi connectivity index (χ0n) is 10.9. The molecule has 0 bridgehead atoms. The van der Waals surface area contributed by atoms with E-state index in [9.17, 15) is 0 Å². The Bertz CT molecular complexity index is 578. The summed E-state index contributed by atoms with van der Waals surface area (Å²) in [6.45, 7) is 6.98. The molecule has 1 fully saturated rings. The molecule has 0 unspecified atom stereocenters. The summed E-state index contributed by atoms with van der Waals surface area (Å²) in [6.07, 6.45) is 0. The van der Waals surface area contributed by atoms with E-state index in [2.05, 4.69) is 32.3 Å². The fourth-order valence-electron chi connectivity index (χ4n) is 2.20. The number of H-pyrrole nitrogens is 1. The number of aromatic nitrogens is 3. The molecule has 5 nitrogen and oxygen atoms in total. The van der Waals surface area contributed by atoms with Crippen molar-refractivity contribution in [2.45, 2.75) is 19.9 Å². The molecule has 2 N–H and O–H groups in total. The predicted molar refractivity (Wildman–Crippen MR) is 79.1 cm³/mol. The fourth-order valence-corrected chi connectivity index (χ4v) is 3.42. The number of nitrogens with zero attached hydrogens (tertiary/aromatic N) is 3. The largest absolute Gasteiger partial charge is 0.337 e. The molecule has 0 aromatic carbocycles. The van der Waals surface area contributed by atoms with Crippen LogP contribution in [0, 0.1) is 6.92 Å². The normalized spacial score (nSPS) is 19.9. The number of hydrogen-bond acceptors (Lipinski definition) is 5. The summed E-state index contributed by atoms with van der Waals surface area (Å²) in [5.41, 5.74) is 1.08. The molecular weight excluding hydrogens is 282 g/mol. The van der Waals surface area contributed by atoms with Gasteiger partial charge in [0.05, 0.1) is 9.90 Å². The summed E-state index contributed by atoms with van der Waals surface area (Å²) in [5, 5.41) is 13.5. The highest BCUT2D eigenvalue weighted by atomic mass is 35.5. The second-order valence-corrected chi connectivity index (χ2v) is 6.10. The maximum absolute atomic E-state index is 6.26. The minimum Gasteiger partial charge on any atom is -0.337 e. The average molecular weight is 298 g/mol. The summed E-state index contributed by atoms with van der Waals surface area (Å²) >= 11 is 7.85. The smallest absolute Gasteiger partial charge is 0.245 e. The molecular formula is C12H16ClN5S. The van der Waals surface area contributed by atoms with Gasteiger partial charge in [0, 0.05) is 25.7 Å². The SMILES string of the molecule is Cc1csc(-c2nc(N3CCN[C@@H](C)C3)n[nH]2)c1Cl. The third-order valence-corrected chi connectivity index (χ3v) is 4.94. The van der Waals surface area contributed by atoms with Crippen LogP contribution in [0.4, 0.5) is 5.95 Å². The molecule has 19 heavy (non-hydrogen) atoms. The van der Waals surface area contributed by atoms with Crippen LogP contribution < -0.4 is 10.2 Å². The highest BCUT2D eigenvalue weighted by Gasteiger charge is 2.20. The number of thiophene rings is 1. The standard InChI is InChI=1S/C12H16ClN5S/c1-7-6-19-10(9(7)13)11-15-12(17-16-11)18-4-3-14-8(2)5-18/h6,8,14H,3-5H2,1-2H3,(H,15,16,17)/t8-/m0/s1. The van der Waals surface area contributed by atoms with Gasteiger partial charge in [-0.05, 0) is 24.8 Å². The molecule has 0 spiro atoms. The van der Waals surface area contributed by atoms with Crippen LogP contribution >= 0.6 is 22.9 Å². The van der Waals surface area contributed by atoms with Crippen LogP contribution in [-0.4, -0.2) is 40.9 Å². The summed E-state index contributed by atoms with van der Waals surface area (Å²) in [4.78, 5) is 7.72. The quantitative estimate of drug-likeness (QED) is 0.893. The molecule has 1 saturated heterocycles. The number of aryl methyl sites for hydroxylation is 1. The summed E-state index contributed by atoms with van der Waals surface area (Å²) in [6, 6.07) is 0.461. The lowest BCUT2D eigenvalue weighted by atomic mass is 10.2. The van der Waals surface area contributed by atoms with E-state index >= 15 is 0 Å². The van der Waals surface area contributed by atoms with Crippen LogP contribution in [0.15, 0.2) is 5.38 Å². The maximum atomic E-state index is 6.26. The number of nitrogens with one attached hydrogen (secondary N) is 2. The molecule has 1 atom stereocenters. The Morgan fingerprint density at radius 1 is 1.53 bits per heavy atom. The van der Waals surface area contributed by atoms with Crippen molar-refractivity contribution in [2.75, 3.05) is 24.5 Å². The zero-order valence-corrected chi connectivity index (χ0v) is 12.5. The molecule has 7 heteroatoms. The van der Waals surface area contributed by atoms with Gasteiger partial charge in [0.1, 0.15) is 0 Å². The third-order valence-electron chi connectivity index (χ3n) is 3.24. The molecule has 0 saturated carbocycles. The van der Waals surface area contributed by atoms with Gasteiger partial charge in [0.25, 0.3) is 0 Å². The van der Waals surface area contributed by atoms with Crippen LogP contribution in [0.1, 0.15) is 12.5 Å². The van der Waals surface area contributed by atoms with Crippen molar-refractivity contribution in [3.8, 4) is 10.7 Å². The van der Waals surface area contributed by atoms with Crippen LogP contribution in [0.5, 0.6) is 0 Å². The van der Waals surface area contributed by atoms with Gasteiger partial charge < -0.3 is 10.2 Å². The summed E-state index contributed by atoms with van der Waals surface area (Å²) < 4.78 is 0. The van der Waals surface area contributed by atoms with Gasteiger partial charge in [0.15, 0.2) is 5.82 Å². The third kappa shape index (κ3) is 2.48. The Morgan fingerprint density at radius 3 is 3.05 bits per heavy atom. The summed E-state index contributed by atoms with van der Waals surface area (Å²) in [7, 11) is 0. The molecule has 102 valence electrons. The predicted octanol–water partition coefficient (Wildman–Crippen LogP) is 2.29. The van der Waals surface area contributed by atoms with Gasteiger partial charge >= 0.3 is 0 Å². The number of halogens is 1. The lowest BCUT2D eigenvalue weighted by Gasteiger charge is -2.30. The second kappa shape index (κ2) is 5.11. The Kier molecular flexibility index (Phi) is 3.47. The zero-order chi connectivity index (χ0) is 13.4. The van der Waals surface area contributed by atoms with Crippen molar-refractivity contribution in [3.05, 3.63) is 16.0 Å². The molecule has 1 aliphatic rings. The Labute approximate surface area is 121 Å². The second-order valence-electron chi connectivity index (χ2n) is 4.85. The summed E-state index contributed by atoms with van der Waals surface area (Å²) in [5.74, 6) is 1.51. The minimum atomic E-state index is 0.461. The Balaban J connectivity index is 1.85. The first-order valence-electron chi connectivity index (χ1n) is 6.30. The van der Waals surface area contributed by atoms with Gasteiger partial charge in [-0.2, -0.15) is 4.98 Å². The van der Waals surface area contributed by atoms with Crippen molar-refractivity contribution >= 4 is 28.9 Å². The van der Waals surface area contributed by atoms with Crippen molar-refractivity contribution in [2.24, 2.45) is 0 Å². The maximum Gasteiger partial charge on any atom is 0.245 e. The molecule has 0 amide bonds. The number of anilines is 1. The van der Waals surface area contributed by atoms with E-state index in [1.807, 2.05) is 12.3 Å². The lowest BCUT2D eigenvalue weighted by Crippen LogP contribution is -2.49. The van der Waals surface area contributed by atoms with Gasteiger partial charge in [-0.1, -0.05) is 11.6 Å². The number of piperazine rings is 1. The molecule has 0 aliphatic carbocycles. The van der Waals surface area contributed by atoms with Gasteiger partial charge in [-0.15, -0.1) is 16.4 Å². The first kappa shape index (κ1) is 12.9.